The van der Waals surface area contributed by atoms with Gasteiger partial charge in [0.05, 0.1) is 12.8 Å². The van der Waals surface area contributed by atoms with E-state index in [0.717, 1.165) is 11.1 Å². The average Bonchev–Trinajstić information content (AvgIpc) is 2.65. The summed E-state index contributed by atoms with van der Waals surface area (Å²) in [5.74, 6) is 0.279. The minimum Gasteiger partial charge on any atom is -0.339 e. The van der Waals surface area contributed by atoms with Gasteiger partial charge in [-0.1, -0.05) is 48.5 Å². The number of carbonyl (C=O) groups is 2. The maximum atomic E-state index is 12.6. The number of benzene rings is 2. The predicted molar refractivity (Wildman–Crippen MR) is 103 cm³/mol. The minimum absolute atomic E-state index is 0.137. The van der Waals surface area contributed by atoms with Crippen LogP contribution in [0.4, 0.5) is 0 Å². The van der Waals surface area contributed by atoms with Gasteiger partial charge in [0.15, 0.2) is 0 Å². The van der Waals surface area contributed by atoms with Crippen LogP contribution in [0.5, 0.6) is 0 Å². The van der Waals surface area contributed by atoms with Crippen LogP contribution in [0.1, 0.15) is 22.3 Å². The summed E-state index contributed by atoms with van der Waals surface area (Å²) in [5.41, 5.74) is 4.55. The molecule has 0 bridgehead atoms. The number of piperazine rings is 1. The summed E-state index contributed by atoms with van der Waals surface area (Å²) in [6, 6.07) is 16.0. The lowest BCUT2D eigenvalue weighted by atomic mass is 10.0. The molecule has 26 heavy (non-hydrogen) atoms. The SMILES string of the molecule is Cc1ccc(CC(=O)N2CCN(C(=O)Cc3ccccc3)CC2)cc1C. The van der Waals surface area contributed by atoms with Crippen molar-refractivity contribution in [3.63, 3.8) is 0 Å². The van der Waals surface area contributed by atoms with Gasteiger partial charge in [0.1, 0.15) is 0 Å². The molecule has 4 heteroatoms. The molecular formula is C22H26N2O2. The van der Waals surface area contributed by atoms with Crippen LogP contribution in [0.25, 0.3) is 0 Å². The Morgan fingerprint density at radius 2 is 1.27 bits per heavy atom. The predicted octanol–water partition coefficient (Wildman–Crippen LogP) is 2.76. The summed E-state index contributed by atoms with van der Waals surface area (Å²) in [6.07, 6.45) is 0.858. The van der Waals surface area contributed by atoms with Crippen molar-refractivity contribution in [2.24, 2.45) is 0 Å². The first kappa shape index (κ1) is 18.2. The average molecular weight is 350 g/mol. The molecule has 0 unspecified atom stereocenters. The number of hydrogen-bond donors (Lipinski definition) is 0. The molecule has 0 atom stereocenters. The zero-order valence-corrected chi connectivity index (χ0v) is 15.6. The fourth-order valence-electron chi connectivity index (χ4n) is 3.29. The minimum atomic E-state index is 0.137. The number of amides is 2. The summed E-state index contributed by atoms with van der Waals surface area (Å²) in [6.45, 7) is 6.61. The van der Waals surface area contributed by atoms with Gasteiger partial charge in [-0.25, -0.2) is 0 Å². The number of nitrogens with zero attached hydrogens (tertiary/aromatic N) is 2. The van der Waals surface area contributed by atoms with Crippen molar-refractivity contribution < 1.29 is 9.59 Å². The summed E-state index contributed by atoms with van der Waals surface area (Å²) in [7, 11) is 0. The van der Waals surface area contributed by atoms with E-state index in [4.69, 9.17) is 0 Å². The fraction of sp³-hybridized carbons (Fsp3) is 0.364. The molecule has 2 aromatic rings. The highest BCUT2D eigenvalue weighted by molar-refractivity contribution is 5.81. The van der Waals surface area contributed by atoms with E-state index in [1.807, 2.05) is 46.2 Å². The Hall–Kier alpha value is -2.62. The highest BCUT2D eigenvalue weighted by Crippen LogP contribution is 2.13. The van der Waals surface area contributed by atoms with Crippen molar-refractivity contribution in [2.45, 2.75) is 26.7 Å². The molecule has 2 amide bonds. The summed E-state index contributed by atoms with van der Waals surface area (Å²) in [5, 5.41) is 0. The van der Waals surface area contributed by atoms with E-state index in [2.05, 4.69) is 26.0 Å². The Kier molecular flexibility index (Phi) is 5.71. The second-order valence-corrected chi connectivity index (χ2v) is 7.02. The normalized spacial score (nSPS) is 14.4. The topological polar surface area (TPSA) is 40.6 Å². The molecule has 3 rings (SSSR count). The second-order valence-electron chi connectivity index (χ2n) is 7.02. The molecule has 1 heterocycles. The zero-order chi connectivity index (χ0) is 18.5. The second kappa shape index (κ2) is 8.17. The lowest BCUT2D eigenvalue weighted by Gasteiger charge is -2.35. The molecule has 0 aromatic heterocycles. The molecule has 0 aliphatic carbocycles. The van der Waals surface area contributed by atoms with E-state index >= 15 is 0 Å². The van der Waals surface area contributed by atoms with Gasteiger partial charge in [-0.15, -0.1) is 0 Å². The van der Waals surface area contributed by atoms with E-state index in [0.29, 0.717) is 39.0 Å². The molecule has 1 aliphatic rings. The lowest BCUT2D eigenvalue weighted by molar-refractivity contribution is -0.138. The van der Waals surface area contributed by atoms with Crippen LogP contribution in [-0.4, -0.2) is 47.8 Å². The molecule has 1 aliphatic heterocycles. The number of hydrogen-bond acceptors (Lipinski definition) is 2. The first-order chi connectivity index (χ1) is 12.5. The molecule has 2 aromatic carbocycles. The van der Waals surface area contributed by atoms with Gasteiger partial charge in [0.2, 0.25) is 11.8 Å². The molecule has 136 valence electrons. The van der Waals surface area contributed by atoms with Crippen LogP contribution in [0.2, 0.25) is 0 Å². The Balaban J connectivity index is 1.50. The van der Waals surface area contributed by atoms with Gasteiger partial charge in [-0.2, -0.15) is 0 Å². The van der Waals surface area contributed by atoms with Gasteiger partial charge in [-0.3, -0.25) is 9.59 Å². The van der Waals surface area contributed by atoms with E-state index in [1.54, 1.807) is 0 Å². The van der Waals surface area contributed by atoms with Crippen molar-refractivity contribution in [1.29, 1.82) is 0 Å². The summed E-state index contributed by atoms with van der Waals surface area (Å²) < 4.78 is 0. The molecule has 4 nitrogen and oxygen atoms in total. The standard InChI is InChI=1S/C22H26N2O2/c1-17-8-9-20(14-18(17)2)16-22(26)24-12-10-23(11-13-24)21(25)15-19-6-4-3-5-7-19/h3-9,14H,10-13,15-16H2,1-2H3. The van der Waals surface area contributed by atoms with E-state index in [-0.39, 0.29) is 11.8 Å². The summed E-state index contributed by atoms with van der Waals surface area (Å²) in [4.78, 5) is 28.7. The van der Waals surface area contributed by atoms with Gasteiger partial charge < -0.3 is 9.80 Å². The van der Waals surface area contributed by atoms with Crippen molar-refractivity contribution in [3.8, 4) is 0 Å². The van der Waals surface area contributed by atoms with Crippen molar-refractivity contribution in [1.82, 2.24) is 9.80 Å². The van der Waals surface area contributed by atoms with Crippen LogP contribution in [-0.2, 0) is 22.4 Å². The van der Waals surface area contributed by atoms with E-state index in [1.165, 1.54) is 11.1 Å². The van der Waals surface area contributed by atoms with Gasteiger partial charge in [0, 0.05) is 26.2 Å². The first-order valence-electron chi connectivity index (χ1n) is 9.18. The monoisotopic (exact) mass is 350 g/mol. The van der Waals surface area contributed by atoms with Gasteiger partial charge >= 0.3 is 0 Å². The van der Waals surface area contributed by atoms with Crippen molar-refractivity contribution in [2.75, 3.05) is 26.2 Å². The highest BCUT2D eigenvalue weighted by atomic mass is 16.2. The molecule has 0 N–H and O–H groups in total. The number of rotatable bonds is 4. The third kappa shape index (κ3) is 4.51. The van der Waals surface area contributed by atoms with Gasteiger partial charge in [0.25, 0.3) is 0 Å². The number of carbonyl (C=O) groups excluding carboxylic acids is 2. The largest absolute Gasteiger partial charge is 0.339 e. The third-order valence-electron chi connectivity index (χ3n) is 5.11. The van der Waals surface area contributed by atoms with Crippen LogP contribution >= 0.6 is 0 Å². The summed E-state index contributed by atoms with van der Waals surface area (Å²) >= 11 is 0. The lowest BCUT2D eigenvalue weighted by Crippen LogP contribution is -2.51. The van der Waals surface area contributed by atoms with Crippen LogP contribution in [0.15, 0.2) is 48.5 Å². The Bertz CT molecular complexity index is 778. The van der Waals surface area contributed by atoms with Crippen LogP contribution in [0, 0.1) is 13.8 Å². The van der Waals surface area contributed by atoms with E-state index in [9.17, 15) is 9.59 Å². The van der Waals surface area contributed by atoms with Crippen LogP contribution in [0.3, 0.4) is 0 Å². The third-order valence-corrected chi connectivity index (χ3v) is 5.11. The molecule has 0 saturated carbocycles. The Morgan fingerprint density at radius 1 is 0.731 bits per heavy atom. The highest BCUT2D eigenvalue weighted by Gasteiger charge is 2.24. The Labute approximate surface area is 155 Å². The quantitative estimate of drug-likeness (QED) is 0.851. The molecular weight excluding hydrogens is 324 g/mol. The van der Waals surface area contributed by atoms with Gasteiger partial charge in [-0.05, 0) is 36.1 Å². The maximum absolute atomic E-state index is 12.6. The smallest absolute Gasteiger partial charge is 0.227 e. The fourth-order valence-corrected chi connectivity index (χ4v) is 3.29. The first-order valence-corrected chi connectivity index (χ1v) is 9.18. The maximum Gasteiger partial charge on any atom is 0.227 e. The number of aryl methyl sites for hydroxylation is 2. The van der Waals surface area contributed by atoms with E-state index < -0.39 is 0 Å². The zero-order valence-electron chi connectivity index (χ0n) is 15.6. The Morgan fingerprint density at radius 3 is 1.81 bits per heavy atom. The molecule has 1 fully saturated rings. The molecule has 0 radical (unpaired) electrons. The van der Waals surface area contributed by atoms with Crippen LogP contribution < -0.4 is 0 Å². The van der Waals surface area contributed by atoms with Crippen molar-refractivity contribution in [3.05, 3.63) is 70.8 Å². The van der Waals surface area contributed by atoms with Crippen molar-refractivity contribution >= 4 is 11.8 Å². The molecule has 0 spiro atoms. The molecule has 1 saturated heterocycles.